The zero-order chi connectivity index (χ0) is 14.2. The summed E-state index contributed by atoms with van der Waals surface area (Å²) < 4.78 is 14.0. The Hall–Kier alpha value is -1.65. The molecule has 0 unspecified atom stereocenters. The monoisotopic (exact) mass is 299 g/mol. The lowest BCUT2D eigenvalue weighted by Gasteiger charge is -2.13. The minimum absolute atomic E-state index is 0.0825. The molecule has 0 aliphatic rings. The summed E-state index contributed by atoms with van der Waals surface area (Å²) in [5.74, 6) is -0.684. The number of aryl methyl sites for hydroxylation is 1. The summed E-state index contributed by atoms with van der Waals surface area (Å²) in [6.07, 6.45) is 0. The molecule has 0 saturated carbocycles. The van der Waals surface area contributed by atoms with E-state index in [1.54, 1.807) is 12.1 Å². The molecule has 0 aromatic heterocycles. The smallest absolute Gasteiger partial charge is 0.169 e. The van der Waals surface area contributed by atoms with Crippen LogP contribution in [0.25, 0.3) is 0 Å². The highest BCUT2D eigenvalue weighted by atomic mass is 35.5. The second kappa shape index (κ2) is 5.15. The number of nitrogens with one attached hydrogen (secondary N) is 1. The van der Waals surface area contributed by atoms with Gasteiger partial charge in [0.2, 0.25) is 0 Å². The van der Waals surface area contributed by atoms with Crippen molar-refractivity contribution in [2.24, 2.45) is 0 Å². The fourth-order valence-electron chi connectivity index (χ4n) is 1.61. The normalized spacial score (nSPS) is 10.5. The molecule has 0 fully saturated rings. The van der Waals surface area contributed by atoms with Crippen LogP contribution in [0.3, 0.4) is 0 Å². The van der Waals surface area contributed by atoms with Gasteiger partial charge in [-0.25, -0.2) is 4.39 Å². The highest BCUT2D eigenvalue weighted by Gasteiger charge is 2.14. The Morgan fingerprint density at radius 1 is 1.11 bits per heavy atom. The highest BCUT2D eigenvalue weighted by molar-refractivity contribution is 6.33. The van der Waals surface area contributed by atoms with E-state index in [-0.39, 0.29) is 22.1 Å². The average molecular weight is 300 g/mol. The number of benzene rings is 2. The maximum atomic E-state index is 14.0. The number of nitrogens with two attached hydrogens (primary N) is 2. The Bertz CT molecular complexity index is 644. The Morgan fingerprint density at radius 3 is 2.42 bits per heavy atom. The van der Waals surface area contributed by atoms with Gasteiger partial charge in [0.25, 0.3) is 0 Å². The van der Waals surface area contributed by atoms with E-state index in [9.17, 15) is 4.39 Å². The van der Waals surface area contributed by atoms with Gasteiger partial charge in [0.15, 0.2) is 5.82 Å². The van der Waals surface area contributed by atoms with Gasteiger partial charge in [-0.05, 0) is 30.7 Å². The third kappa shape index (κ3) is 2.69. The standard InChI is InChI=1S/C13H12Cl2FN3/c1-6-2-3-7(4-8(6)14)19-13-10(18)5-9(17)11(15)12(13)16/h2-5,19H,17-18H2,1H3. The molecule has 100 valence electrons. The van der Waals surface area contributed by atoms with Gasteiger partial charge in [0.05, 0.1) is 17.1 Å². The van der Waals surface area contributed by atoms with Gasteiger partial charge in [0, 0.05) is 10.7 Å². The van der Waals surface area contributed by atoms with E-state index in [1.807, 2.05) is 13.0 Å². The van der Waals surface area contributed by atoms with Crippen LogP contribution in [-0.2, 0) is 0 Å². The summed E-state index contributed by atoms with van der Waals surface area (Å²) >= 11 is 11.8. The first-order valence-electron chi connectivity index (χ1n) is 5.46. The SMILES string of the molecule is Cc1ccc(Nc2c(N)cc(N)c(Cl)c2F)cc1Cl. The molecule has 2 rings (SSSR count). The molecule has 3 nitrogen and oxygen atoms in total. The predicted molar refractivity (Wildman–Crippen MR) is 79.7 cm³/mol. The van der Waals surface area contributed by atoms with Crippen molar-refractivity contribution in [1.82, 2.24) is 0 Å². The second-order valence-electron chi connectivity index (χ2n) is 4.15. The van der Waals surface area contributed by atoms with Crippen molar-refractivity contribution in [3.8, 4) is 0 Å². The predicted octanol–water partition coefficient (Wildman–Crippen LogP) is 4.35. The second-order valence-corrected chi connectivity index (χ2v) is 4.93. The average Bonchev–Trinajstić information content (AvgIpc) is 2.36. The van der Waals surface area contributed by atoms with E-state index in [1.165, 1.54) is 6.07 Å². The fraction of sp³-hybridized carbons (Fsp3) is 0.0769. The van der Waals surface area contributed by atoms with Gasteiger partial charge < -0.3 is 16.8 Å². The molecule has 0 radical (unpaired) electrons. The van der Waals surface area contributed by atoms with Crippen molar-refractivity contribution in [3.63, 3.8) is 0 Å². The van der Waals surface area contributed by atoms with Crippen molar-refractivity contribution in [2.75, 3.05) is 16.8 Å². The van der Waals surface area contributed by atoms with Crippen LogP contribution in [0.4, 0.5) is 27.1 Å². The van der Waals surface area contributed by atoms with Crippen molar-refractivity contribution >= 4 is 46.0 Å². The van der Waals surface area contributed by atoms with Gasteiger partial charge in [-0.1, -0.05) is 29.3 Å². The Labute approximate surface area is 120 Å². The van der Waals surface area contributed by atoms with Gasteiger partial charge in [-0.2, -0.15) is 0 Å². The van der Waals surface area contributed by atoms with Crippen molar-refractivity contribution in [2.45, 2.75) is 6.92 Å². The van der Waals surface area contributed by atoms with Crippen LogP contribution in [0, 0.1) is 12.7 Å². The van der Waals surface area contributed by atoms with E-state index in [0.29, 0.717) is 10.7 Å². The van der Waals surface area contributed by atoms with Crippen molar-refractivity contribution in [3.05, 3.63) is 45.7 Å². The van der Waals surface area contributed by atoms with Crippen LogP contribution < -0.4 is 16.8 Å². The zero-order valence-electron chi connectivity index (χ0n) is 10.1. The maximum Gasteiger partial charge on any atom is 0.169 e. The Kier molecular flexibility index (Phi) is 3.73. The summed E-state index contributed by atoms with van der Waals surface area (Å²) in [6, 6.07) is 6.67. The van der Waals surface area contributed by atoms with Gasteiger partial charge in [-0.3, -0.25) is 0 Å². The Balaban J connectivity index is 2.43. The molecule has 2 aromatic carbocycles. The van der Waals surface area contributed by atoms with Crippen molar-refractivity contribution < 1.29 is 4.39 Å². The molecule has 0 amide bonds. The minimum atomic E-state index is -0.684. The van der Waals surface area contributed by atoms with Crippen molar-refractivity contribution in [1.29, 1.82) is 0 Å². The van der Waals surface area contributed by atoms with Crippen LogP contribution in [0.15, 0.2) is 24.3 Å². The van der Waals surface area contributed by atoms with Gasteiger partial charge in [-0.15, -0.1) is 0 Å². The third-order valence-corrected chi connectivity index (χ3v) is 3.50. The van der Waals surface area contributed by atoms with E-state index in [4.69, 9.17) is 34.7 Å². The zero-order valence-corrected chi connectivity index (χ0v) is 11.6. The van der Waals surface area contributed by atoms with Crippen LogP contribution in [0.2, 0.25) is 10.0 Å². The molecule has 19 heavy (non-hydrogen) atoms. The lowest BCUT2D eigenvalue weighted by atomic mass is 10.2. The summed E-state index contributed by atoms with van der Waals surface area (Å²) in [5, 5.41) is 3.27. The lowest BCUT2D eigenvalue weighted by Crippen LogP contribution is -2.02. The van der Waals surface area contributed by atoms with E-state index in [0.717, 1.165) is 5.56 Å². The fourth-order valence-corrected chi connectivity index (χ4v) is 1.94. The highest BCUT2D eigenvalue weighted by Crippen LogP contribution is 2.35. The lowest BCUT2D eigenvalue weighted by molar-refractivity contribution is 0.633. The number of nitrogen functional groups attached to an aromatic ring is 2. The largest absolute Gasteiger partial charge is 0.397 e. The maximum absolute atomic E-state index is 14.0. The molecule has 0 aliphatic carbocycles. The molecule has 0 heterocycles. The van der Waals surface area contributed by atoms with E-state index >= 15 is 0 Å². The third-order valence-electron chi connectivity index (χ3n) is 2.71. The summed E-state index contributed by atoms with van der Waals surface area (Å²) in [7, 11) is 0. The minimum Gasteiger partial charge on any atom is -0.397 e. The number of hydrogen-bond acceptors (Lipinski definition) is 3. The van der Waals surface area contributed by atoms with E-state index in [2.05, 4.69) is 5.32 Å². The van der Waals surface area contributed by atoms with Crippen LogP contribution in [0.1, 0.15) is 5.56 Å². The van der Waals surface area contributed by atoms with Gasteiger partial charge in [0.1, 0.15) is 5.02 Å². The number of hydrogen-bond donors (Lipinski definition) is 3. The molecule has 0 aliphatic heterocycles. The molecule has 0 spiro atoms. The molecule has 0 bridgehead atoms. The summed E-state index contributed by atoms with van der Waals surface area (Å²) in [5.41, 5.74) is 13.2. The van der Waals surface area contributed by atoms with Gasteiger partial charge >= 0.3 is 0 Å². The first-order chi connectivity index (χ1) is 8.90. The molecule has 6 heteroatoms. The molecular weight excluding hydrogens is 288 g/mol. The molecule has 0 saturated heterocycles. The van der Waals surface area contributed by atoms with Crippen LogP contribution >= 0.6 is 23.2 Å². The Morgan fingerprint density at radius 2 is 1.79 bits per heavy atom. The molecular formula is C13H12Cl2FN3. The van der Waals surface area contributed by atoms with Crippen LogP contribution in [-0.4, -0.2) is 0 Å². The molecule has 2 aromatic rings. The first-order valence-corrected chi connectivity index (χ1v) is 6.22. The summed E-state index contributed by atoms with van der Waals surface area (Å²) in [4.78, 5) is 0. The topological polar surface area (TPSA) is 64.1 Å². The quantitative estimate of drug-likeness (QED) is 0.722. The van der Waals surface area contributed by atoms with Crippen LogP contribution in [0.5, 0.6) is 0 Å². The number of anilines is 4. The number of halogens is 3. The van der Waals surface area contributed by atoms with E-state index < -0.39 is 5.82 Å². The summed E-state index contributed by atoms with van der Waals surface area (Å²) in [6.45, 7) is 1.88. The number of rotatable bonds is 2. The first kappa shape index (κ1) is 13.8. The molecule has 0 atom stereocenters. The molecule has 5 N–H and O–H groups in total.